The van der Waals surface area contributed by atoms with Crippen molar-refractivity contribution in [3.63, 3.8) is 0 Å². The van der Waals surface area contributed by atoms with Crippen molar-refractivity contribution in [2.45, 2.75) is 6.54 Å². The van der Waals surface area contributed by atoms with Gasteiger partial charge in [-0.1, -0.05) is 60.1 Å². The molecule has 5 nitrogen and oxygen atoms in total. The minimum Gasteiger partial charge on any atom is -0.483 e. The number of rotatable bonds is 7. The summed E-state index contributed by atoms with van der Waals surface area (Å²) in [5.74, 6) is 0.767. The van der Waals surface area contributed by atoms with Gasteiger partial charge in [-0.05, 0) is 49.5 Å². The number of carbonyl (C=O) groups excluding carboxylic acids is 1. The maximum atomic E-state index is 12.8. The van der Waals surface area contributed by atoms with Crippen molar-refractivity contribution in [2.75, 3.05) is 51.8 Å². The van der Waals surface area contributed by atoms with Crippen LogP contribution in [0.4, 0.5) is 5.69 Å². The van der Waals surface area contributed by atoms with E-state index < -0.39 is 0 Å². The Morgan fingerprint density at radius 2 is 1.61 bits per heavy atom. The first-order valence-corrected chi connectivity index (χ1v) is 11.6. The molecule has 1 aliphatic heterocycles. The Labute approximate surface area is 201 Å². The van der Waals surface area contributed by atoms with E-state index in [1.54, 1.807) is 0 Å². The first kappa shape index (κ1) is 23.1. The highest BCUT2D eigenvalue weighted by Crippen LogP contribution is 2.28. The summed E-state index contributed by atoms with van der Waals surface area (Å²) in [6, 6.07) is 24.3. The van der Waals surface area contributed by atoms with E-state index in [4.69, 9.17) is 16.3 Å². The topological polar surface area (TPSA) is 36.0 Å². The maximum Gasteiger partial charge on any atom is 0.260 e. The van der Waals surface area contributed by atoms with Gasteiger partial charge in [-0.15, -0.1) is 0 Å². The molecule has 172 valence electrons. The number of carbonyl (C=O) groups is 1. The molecule has 0 spiro atoms. The Hall–Kier alpha value is -3.02. The molecular weight excluding hydrogens is 434 g/mol. The molecule has 0 aliphatic carbocycles. The number of para-hydroxylation sites is 1. The molecule has 33 heavy (non-hydrogen) atoms. The van der Waals surface area contributed by atoms with E-state index in [1.165, 1.54) is 0 Å². The number of hydrogen-bond acceptors (Lipinski definition) is 4. The molecule has 6 heteroatoms. The average molecular weight is 464 g/mol. The van der Waals surface area contributed by atoms with E-state index in [0.717, 1.165) is 52.8 Å². The van der Waals surface area contributed by atoms with Gasteiger partial charge in [0.2, 0.25) is 0 Å². The summed E-state index contributed by atoms with van der Waals surface area (Å²) in [5, 5.41) is 0.744. The highest BCUT2D eigenvalue weighted by Gasteiger charge is 2.23. The molecule has 1 heterocycles. The predicted octanol–water partition coefficient (Wildman–Crippen LogP) is 4.80. The third-order valence-corrected chi connectivity index (χ3v) is 6.15. The minimum absolute atomic E-state index is 0.0109. The van der Waals surface area contributed by atoms with Crippen LogP contribution in [-0.2, 0) is 11.3 Å². The summed E-state index contributed by atoms with van der Waals surface area (Å²) in [4.78, 5) is 19.1. The Morgan fingerprint density at radius 3 is 2.30 bits per heavy atom. The van der Waals surface area contributed by atoms with E-state index in [0.29, 0.717) is 13.1 Å². The second-order valence-corrected chi connectivity index (χ2v) is 8.94. The molecule has 0 saturated carbocycles. The van der Waals surface area contributed by atoms with Crippen LogP contribution in [-0.4, -0.2) is 62.6 Å². The Morgan fingerprint density at radius 1 is 0.909 bits per heavy atom. The first-order valence-electron chi connectivity index (χ1n) is 11.2. The van der Waals surface area contributed by atoms with Crippen molar-refractivity contribution in [1.82, 2.24) is 9.80 Å². The summed E-state index contributed by atoms with van der Waals surface area (Å²) >= 11 is 6.33. The monoisotopic (exact) mass is 463 g/mol. The van der Waals surface area contributed by atoms with Gasteiger partial charge < -0.3 is 19.4 Å². The third kappa shape index (κ3) is 5.86. The Kier molecular flexibility index (Phi) is 7.53. The van der Waals surface area contributed by atoms with Gasteiger partial charge in [0.05, 0.1) is 10.7 Å². The average Bonchev–Trinajstić information content (AvgIpc) is 2.83. The minimum atomic E-state index is 0.0109. The van der Waals surface area contributed by atoms with Crippen LogP contribution in [0.2, 0.25) is 5.02 Å². The smallest absolute Gasteiger partial charge is 0.260 e. The lowest BCUT2D eigenvalue weighted by Gasteiger charge is -2.36. The summed E-state index contributed by atoms with van der Waals surface area (Å²) in [6.45, 7) is 3.61. The number of halogens is 1. The molecule has 0 bridgehead atoms. The summed E-state index contributed by atoms with van der Waals surface area (Å²) in [5.41, 5.74) is 4.39. The molecule has 1 amide bonds. The zero-order valence-corrected chi connectivity index (χ0v) is 20.0. The van der Waals surface area contributed by atoms with Crippen molar-refractivity contribution in [3.05, 3.63) is 83.4 Å². The van der Waals surface area contributed by atoms with Crippen LogP contribution in [0, 0.1) is 0 Å². The summed E-state index contributed by atoms with van der Waals surface area (Å²) in [7, 11) is 4.06. The number of anilines is 1. The summed E-state index contributed by atoms with van der Waals surface area (Å²) in [6.07, 6.45) is 0. The molecule has 3 aromatic rings. The van der Waals surface area contributed by atoms with Gasteiger partial charge in [0.15, 0.2) is 6.61 Å². The number of hydrogen-bond donors (Lipinski definition) is 0. The van der Waals surface area contributed by atoms with E-state index in [2.05, 4.69) is 34.1 Å². The van der Waals surface area contributed by atoms with Gasteiger partial charge in [0.1, 0.15) is 5.75 Å². The number of piperazine rings is 1. The second kappa shape index (κ2) is 10.7. The highest BCUT2D eigenvalue weighted by atomic mass is 35.5. The second-order valence-electron chi connectivity index (χ2n) is 8.53. The van der Waals surface area contributed by atoms with Gasteiger partial charge in [0.25, 0.3) is 5.91 Å². The van der Waals surface area contributed by atoms with Crippen LogP contribution in [0.1, 0.15) is 5.56 Å². The fourth-order valence-electron chi connectivity index (χ4n) is 4.13. The molecule has 1 saturated heterocycles. The molecule has 0 unspecified atom stereocenters. The van der Waals surface area contributed by atoms with Crippen molar-refractivity contribution >= 4 is 23.2 Å². The van der Waals surface area contributed by atoms with E-state index in [9.17, 15) is 4.79 Å². The van der Waals surface area contributed by atoms with Crippen LogP contribution >= 0.6 is 11.6 Å². The van der Waals surface area contributed by atoms with Crippen molar-refractivity contribution < 1.29 is 9.53 Å². The van der Waals surface area contributed by atoms with Crippen molar-refractivity contribution in [2.24, 2.45) is 0 Å². The lowest BCUT2D eigenvalue weighted by atomic mass is 10.0. The summed E-state index contributed by atoms with van der Waals surface area (Å²) < 4.78 is 6.02. The lowest BCUT2D eigenvalue weighted by Crippen LogP contribution is -2.50. The molecule has 0 atom stereocenters. The Bertz CT molecular complexity index is 1080. The molecule has 3 aromatic carbocycles. The zero-order chi connectivity index (χ0) is 23.2. The van der Waals surface area contributed by atoms with Crippen molar-refractivity contribution in [3.8, 4) is 16.9 Å². The standard InChI is InChI=1S/C27H30ClN3O2/c1-29(2)19-23-18-22(21-8-4-3-5-9-21)12-13-26(23)33-20-27(32)31-16-14-30(15-17-31)25-11-7-6-10-24(25)28/h3-13,18H,14-17,19-20H2,1-2H3. The normalized spacial score (nSPS) is 13.9. The molecule has 4 rings (SSSR count). The Balaban J connectivity index is 1.38. The molecule has 1 fully saturated rings. The van der Waals surface area contributed by atoms with Gasteiger partial charge in [-0.25, -0.2) is 0 Å². The van der Waals surface area contributed by atoms with Gasteiger partial charge >= 0.3 is 0 Å². The van der Waals surface area contributed by atoms with E-state index >= 15 is 0 Å². The molecule has 0 N–H and O–H groups in total. The largest absolute Gasteiger partial charge is 0.483 e. The highest BCUT2D eigenvalue weighted by molar-refractivity contribution is 6.33. The fraction of sp³-hybridized carbons (Fsp3) is 0.296. The van der Waals surface area contributed by atoms with Gasteiger partial charge in [-0.3, -0.25) is 4.79 Å². The van der Waals surface area contributed by atoms with Crippen LogP contribution < -0.4 is 9.64 Å². The van der Waals surface area contributed by atoms with Gasteiger partial charge in [-0.2, -0.15) is 0 Å². The molecule has 0 aromatic heterocycles. The van der Waals surface area contributed by atoms with E-state index in [-0.39, 0.29) is 12.5 Å². The fourth-order valence-corrected chi connectivity index (χ4v) is 4.39. The molecule has 1 aliphatic rings. The number of benzene rings is 3. The number of amides is 1. The number of ether oxygens (including phenoxy) is 1. The quantitative estimate of drug-likeness (QED) is 0.504. The maximum absolute atomic E-state index is 12.8. The van der Waals surface area contributed by atoms with Crippen molar-refractivity contribution in [1.29, 1.82) is 0 Å². The van der Waals surface area contributed by atoms with Crippen LogP contribution in [0.15, 0.2) is 72.8 Å². The molecule has 0 radical (unpaired) electrons. The number of nitrogens with zero attached hydrogens (tertiary/aromatic N) is 3. The zero-order valence-electron chi connectivity index (χ0n) is 19.2. The lowest BCUT2D eigenvalue weighted by molar-refractivity contribution is -0.133. The SMILES string of the molecule is CN(C)Cc1cc(-c2ccccc2)ccc1OCC(=O)N1CCN(c2ccccc2Cl)CC1. The first-order chi connectivity index (χ1) is 16.0. The van der Waals surface area contributed by atoms with Crippen LogP contribution in [0.5, 0.6) is 5.75 Å². The van der Waals surface area contributed by atoms with Crippen LogP contribution in [0.3, 0.4) is 0 Å². The molecular formula is C27H30ClN3O2. The third-order valence-electron chi connectivity index (χ3n) is 5.83. The predicted molar refractivity (Wildman–Crippen MR) is 135 cm³/mol. The van der Waals surface area contributed by atoms with E-state index in [1.807, 2.05) is 67.5 Å². The van der Waals surface area contributed by atoms with Crippen LogP contribution in [0.25, 0.3) is 11.1 Å². The van der Waals surface area contributed by atoms with Gasteiger partial charge in [0, 0.05) is 38.3 Å².